The molecule has 0 spiro atoms. The average Bonchev–Trinajstić information content (AvgIpc) is 2.45. The minimum atomic E-state index is -0.484. The number of benzene rings is 1. The molecule has 0 unspecified atom stereocenters. The number of nitrogens with two attached hydrogens (primary N) is 1. The van der Waals surface area contributed by atoms with Gasteiger partial charge >= 0.3 is 0 Å². The van der Waals surface area contributed by atoms with Crippen LogP contribution in [-0.2, 0) is 9.59 Å². The summed E-state index contributed by atoms with van der Waals surface area (Å²) < 4.78 is 0. The van der Waals surface area contributed by atoms with E-state index in [1.165, 1.54) is 5.48 Å². The van der Waals surface area contributed by atoms with Crippen LogP contribution in [0.25, 0.3) is 0 Å². The van der Waals surface area contributed by atoms with Gasteiger partial charge in [0.15, 0.2) is 0 Å². The van der Waals surface area contributed by atoms with E-state index in [0.717, 1.165) is 5.69 Å². The third kappa shape index (κ3) is 6.60. The number of amides is 2. The summed E-state index contributed by atoms with van der Waals surface area (Å²) in [4.78, 5) is 22.1. The third-order valence-corrected chi connectivity index (χ3v) is 2.62. The van der Waals surface area contributed by atoms with Crippen LogP contribution >= 0.6 is 0 Å². The molecule has 0 aliphatic rings. The van der Waals surface area contributed by atoms with Gasteiger partial charge in [0.05, 0.1) is 0 Å². The van der Waals surface area contributed by atoms with Crippen molar-refractivity contribution in [2.75, 3.05) is 24.1 Å². The second-order valence-corrected chi connectivity index (χ2v) is 4.29. The fourth-order valence-corrected chi connectivity index (χ4v) is 1.56. The van der Waals surface area contributed by atoms with Gasteiger partial charge in [0.2, 0.25) is 11.8 Å². The molecule has 1 rings (SSSR count). The zero-order valence-corrected chi connectivity index (χ0v) is 11.2. The van der Waals surface area contributed by atoms with Crippen LogP contribution in [0.4, 0.5) is 11.4 Å². The lowest BCUT2D eigenvalue weighted by molar-refractivity contribution is -0.129. The van der Waals surface area contributed by atoms with Crippen molar-refractivity contribution in [2.24, 2.45) is 0 Å². The summed E-state index contributed by atoms with van der Waals surface area (Å²) in [7, 11) is 0. The van der Waals surface area contributed by atoms with Crippen LogP contribution in [0.5, 0.6) is 0 Å². The maximum Gasteiger partial charge on any atom is 0.243 e. The SMILES string of the molecule is Nc1ccc(NCCNC(=O)CCCC(=O)NO)cc1. The molecule has 0 bridgehead atoms. The summed E-state index contributed by atoms with van der Waals surface area (Å²) in [5.41, 5.74) is 8.74. The molecule has 0 aliphatic heterocycles. The normalized spacial score (nSPS) is 9.85. The van der Waals surface area contributed by atoms with Gasteiger partial charge < -0.3 is 16.4 Å². The van der Waals surface area contributed by atoms with Gasteiger partial charge in [-0.3, -0.25) is 14.8 Å². The van der Waals surface area contributed by atoms with Crippen LogP contribution < -0.4 is 21.8 Å². The zero-order chi connectivity index (χ0) is 14.8. The van der Waals surface area contributed by atoms with Crippen LogP contribution in [0.1, 0.15) is 19.3 Å². The zero-order valence-electron chi connectivity index (χ0n) is 11.2. The van der Waals surface area contributed by atoms with E-state index < -0.39 is 5.91 Å². The number of nitrogens with one attached hydrogen (secondary N) is 3. The first-order valence-corrected chi connectivity index (χ1v) is 6.41. The monoisotopic (exact) mass is 280 g/mol. The maximum atomic E-state index is 11.4. The molecule has 0 radical (unpaired) electrons. The van der Waals surface area contributed by atoms with E-state index in [4.69, 9.17) is 10.9 Å². The first-order valence-electron chi connectivity index (χ1n) is 6.41. The van der Waals surface area contributed by atoms with Crippen LogP contribution in [0.2, 0.25) is 0 Å². The van der Waals surface area contributed by atoms with E-state index in [9.17, 15) is 9.59 Å². The molecular formula is C13H20N4O3. The molecule has 6 N–H and O–H groups in total. The molecule has 1 aromatic rings. The minimum Gasteiger partial charge on any atom is -0.399 e. The molecule has 0 saturated carbocycles. The maximum absolute atomic E-state index is 11.4. The highest BCUT2D eigenvalue weighted by molar-refractivity contribution is 5.78. The first kappa shape index (κ1) is 15.8. The smallest absolute Gasteiger partial charge is 0.243 e. The molecule has 110 valence electrons. The van der Waals surface area contributed by atoms with Crippen LogP contribution in [0.3, 0.4) is 0 Å². The van der Waals surface area contributed by atoms with Gasteiger partial charge in [0, 0.05) is 37.3 Å². The van der Waals surface area contributed by atoms with E-state index in [2.05, 4.69) is 10.6 Å². The van der Waals surface area contributed by atoms with Gasteiger partial charge in [0.25, 0.3) is 0 Å². The second kappa shape index (κ2) is 8.76. The van der Waals surface area contributed by atoms with Gasteiger partial charge in [0.1, 0.15) is 0 Å². The van der Waals surface area contributed by atoms with Crippen LogP contribution in [0, 0.1) is 0 Å². The third-order valence-electron chi connectivity index (χ3n) is 2.62. The topological polar surface area (TPSA) is 116 Å². The number of hydrogen-bond donors (Lipinski definition) is 5. The summed E-state index contributed by atoms with van der Waals surface area (Å²) in [5, 5.41) is 14.2. The van der Waals surface area contributed by atoms with Gasteiger partial charge in [-0.15, -0.1) is 0 Å². The lowest BCUT2D eigenvalue weighted by Gasteiger charge is -2.08. The fraction of sp³-hybridized carbons (Fsp3) is 0.385. The molecule has 1 aromatic carbocycles. The lowest BCUT2D eigenvalue weighted by Crippen LogP contribution is -2.29. The van der Waals surface area contributed by atoms with Crippen LogP contribution in [-0.4, -0.2) is 30.1 Å². The Morgan fingerprint density at radius 2 is 1.70 bits per heavy atom. The molecule has 0 fully saturated rings. The Hall–Kier alpha value is -2.28. The van der Waals surface area contributed by atoms with Crippen molar-refractivity contribution in [3.05, 3.63) is 24.3 Å². The number of rotatable bonds is 8. The molecule has 0 saturated heterocycles. The quantitative estimate of drug-likeness (QED) is 0.205. The largest absolute Gasteiger partial charge is 0.399 e. The molecule has 0 atom stereocenters. The number of hydrogen-bond acceptors (Lipinski definition) is 5. The Morgan fingerprint density at radius 1 is 1.05 bits per heavy atom. The van der Waals surface area contributed by atoms with E-state index in [0.29, 0.717) is 25.2 Å². The van der Waals surface area contributed by atoms with Gasteiger partial charge in [-0.2, -0.15) is 0 Å². The Morgan fingerprint density at radius 3 is 2.35 bits per heavy atom. The highest BCUT2D eigenvalue weighted by atomic mass is 16.5. The first-order chi connectivity index (χ1) is 9.61. The molecule has 0 heterocycles. The van der Waals surface area contributed by atoms with Gasteiger partial charge in [-0.1, -0.05) is 0 Å². The molecular weight excluding hydrogens is 260 g/mol. The Bertz CT molecular complexity index is 434. The number of carbonyl (C=O) groups is 2. The number of nitrogen functional groups attached to an aromatic ring is 1. The Kier molecular flexibility index (Phi) is 6.91. The molecule has 7 nitrogen and oxygen atoms in total. The number of anilines is 2. The molecule has 20 heavy (non-hydrogen) atoms. The van der Waals surface area contributed by atoms with Crippen molar-refractivity contribution in [1.82, 2.24) is 10.8 Å². The standard InChI is InChI=1S/C13H20N4O3/c14-10-4-6-11(7-5-10)15-8-9-16-12(18)2-1-3-13(19)17-20/h4-7,15,20H,1-3,8-9,14H2,(H,16,18)(H,17,19). The van der Waals surface area contributed by atoms with Crippen molar-refractivity contribution in [1.29, 1.82) is 0 Å². The predicted molar refractivity (Wildman–Crippen MR) is 76.1 cm³/mol. The van der Waals surface area contributed by atoms with E-state index >= 15 is 0 Å². The minimum absolute atomic E-state index is 0.116. The lowest BCUT2D eigenvalue weighted by atomic mass is 10.2. The molecule has 0 aromatic heterocycles. The summed E-state index contributed by atoms with van der Waals surface area (Å²) in [5.74, 6) is -0.599. The molecule has 0 aliphatic carbocycles. The van der Waals surface area contributed by atoms with Gasteiger partial charge in [-0.05, 0) is 30.7 Å². The second-order valence-electron chi connectivity index (χ2n) is 4.29. The summed E-state index contributed by atoms with van der Waals surface area (Å²) in [6.45, 7) is 1.10. The summed E-state index contributed by atoms with van der Waals surface area (Å²) in [6.07, 6.45) is 0.798. The Labute approximate surface area is 117 Å². The molecule has 2 amide bonds. The molecule has 7 heteroatoms. The predicted octanol–water partition coefficient (Wildman–Crippen LogP) is 0.473. The highest BCUT2D eigenvalue weighted by Gasteiger charge is 2.03. The average molecular weight is 280 g/mol. The van der Waals surface area contributed by atoms with E-state index in [1.54, 1.807) is 12.1 Å². The Balaban J connectivity index is 2.07. The summed E-state index contributed by atoms with van der Waals surface area (Å²) in [6, 6.07) is 7.33. The van der Waals surface area contributed by atoms with E-state index in [1.807, 2.05) is 12.1 Å². The van der Waals surface area contributed by atoms with E-state index in [-0.39, 0.29) is 18.7 Å². The fourth-order valence-electron chi connectivity index (χ4n) is 1.56. The number of hydroxylamine groups is 1. The van der Waals surface area contributed by atoms with Crippen molar-refractivity contribution < 1.29 is 14.8 Å². The van der Waals surface area contributed by atoms with Crippen LogP contribution in [0.15, 0.2) is 24.3 Å². The van der Waals surface area contributed by atoms with Crippen molar-refractivity contribution in [3.8, 4) is 0 Å². The highest BCUT2D eigenvalue weighted by Crippen LogP contribution is 2.09. The van der Waals surface area contributed by atoms with Crippen molar-refractivity contribution >= 4 is 23.2 Å². The van der Waals surface area contributed by atoms with Crippen molar-refractivity contribution in [2.45, 2.75) is 19.3 Å². The van der Waals surface area contributed by atoms with Crippen molar-refractivity contribution in [3.63, 3.8) is 0 Å². The van der Waals surface area contributed by atoms with Gasteiger partial charge in [-0.25, -0.2) is 5.48 Å². The summed E-state index contributed by atoms with van der Waals surface area (Å²) >= 11 is 0. The number of carbonyl (C=O) groups excluding carboxylic acids is 2.